The van der Waals surface area contributed by atoms with E-state index in [4.69, 9.17) is 0 Å². The van der Waals surface area contributed by atoms with Gasteiger partial charge in [-0.15, -0.1) is 0 Å². The Hall–Kier alpha value is -1.32. The van der Waals surface area contributed by atoms with Crippen molar-refractivity contribution in [2.24, 2.45) is 5.41 Å². The SMILES string of the molecule is CC(C)(C)C(CCO)NCc1cccc2cc[nH]c12. The van der Waals surface area contributed by atoms with Crippen LogP contribution >= 0.6 is 0 Å². The Bertz CT molecular complexity index is 525. The molecule has 0 aliphatic rings. The Morgan fingerprint density at radius 2 is 2.05 bits per heavy atom. The molecule has 0 fully saturated rings. The molecule has 0 spiro atoms. The van der Waals surface area contributed by atoms with Crippen LogP contribution in [0.2, 0.25) is 0 Å². The van der Waals surface area contributed by atoms with Gasteiger partial charge in [-0.05, 0) is 28.9 Å². The summed E-state index contributed by atoms with van der Waals surface area (Å²) in [6, 6.07) is 8.75. The number of hydrogen-bond donors (Lipinski definition) is 3. The highest BCUT2D eigenvalue weighted by Crippen LogP contribution is 2.23. The molecule has 0 saturated carbocycles. The number of aromatic nitrogens is 1. The summed E-state index contributed by atoms with van der Waals surface area (Å²) in [5, 5.41) is 14.0. The molecule has 0 radical (unpaired) electrons. The Morgan fingerprint density at radius 3 is 2.74 bits per heavy atom. The van der Waals surface area contributed by atoms with Crippen molar-refractivity contribution < 1.29 is 5.11 Å². The van der Waals surface area contributed by atoms with Gasteiger partial charge in [-0.3, -0.25) is 0 Å². The van der Waals surface area contributed by atoms with Crippen LogP contribution in [-0.2, 0) is 6.54 Å². The standard InChI is InChI=1S/C16H24N2O/c1-16(2,3)14(8-10-19)18-11-13-6-4-5-12-7-9-17-15(12)13/h4-7,9,14,17-19H,8,10-11H2,1-3H3. The van der Waals surface area contributed by atoms with E-state index >= 15 is 0 Å². The molecule has 0 aliphatic carbocycles. The number of fused-ring (bicyclic) bond motifs is 1. The maximum absolute atomic E-state index is 9.19. The van der Waals surface area contributed by atoms with Gasteiger partial charge in [0.05, 0.1) is 0 Å². The molecule has 3 nitrogen and oxygen atoms in total. The third-order valence-electron chi connectivity index (χ3n) is 3.68. The maximum atomic E-state index is 9.19. The van der Waals surface area contributed by atoms with Gasteiger partial charge in [0.1, 0.15) is 0 Å². The molecule has 3 heteroatoms. The number of hydrogen-bond acceptors (Lipinski definition) is 2. The molecule has 0 aliphatic heterocycles. The molecular weight excluding hydrogens is 236 g/mol. The van der Waals surface area contributed by atoms with Crippen molar-refractivity contribution in [3.05, 3.63) is 36.0 Å². The van der Waals surface area contributed by atoms with Gasteiger partial charge in [0, 0.05) is 30.9 Å². The van der Waals surface area contributed by atoms with Crippen LogP contribution in [0.4, 0.5) is 0 Å². The third kappa shape index (κ3) is 3.37. The van der Waals surface area contributed by atoms with Gasteiger partial charge in [0.25, 0.3) is 0 Å². The van der Waals surface area contributed by atoms with Crippen LogP contribution in [0.25, 0.3) is 10.9 Å². The van der Waals surface area contributed by atoms with Crippen LogP contribution in [-0.4, -0.2) is 22.7 Å². The number of aromatic amines is 1. The van der Waals surface area contributed by atoms with E-state index in [0.29, 0.717) is 6.04 Å². The number of benzene rings is 1. The average Bonchev–Trinajstić information content (AvgIpc) is 2.81. The van der Waals surface area contributed by atoms with E-state index in [1.54, 1.807) is 0 Å². The molecular formula is C16H24N2O. The van der Waals surface area contributed by atoms with Gasteiger partial charge in [-0.2, -0.15) is 0 Å². The zero-order chi connectivity index (χ0) is 13.9. The first kappa shape index (κ1) is 14.1. The van der Waals surface area contributed by atoms with E-state index in [-0.39, 0.29) is 12.0 Å². The minimum Gasteiger partial charge on any atom is -0.396 e. The predicted molar refractivity (Wildman–Crippen MR) is 80.1 cm³/mol. The van der Waals surface area contributed by atoms with Crippen molar-refractivity contribution in [1.82, 2.24) is 10.3 Å². The monoisotopic (exact) mass is 260 g/mol. The lowest BCUT2D eigenvalue weighted by Gasteiger charge is -2.31. The van der Waals surface area contributed by atoms with Crippen LogP contribution in [0.1, 0.15) is 32.8 Å². The summed E-state index contributed by atoms with van der Waals surface area (Å²) < 4.78 is 0. The van der Waals surface area contributed by atoms with Crippen LogP contribution in [0.15, 0.2) is 30.5 Å². The molecule has 1 aromatic carbocycles. The van der Waals surface area contributed by atoms with Gasteiger partial charge < -0.3 is 15.4 Å². The highest BCUT2D eigenvalue weighted by Gasteiger charge is 2.23. The van der Waals surface area contributed by atoms with Crippen LogP contribution in [0, 0.1) is 5.41 Å². The fourth-order valence-corrected chi connectivity index (χ4v) is 2.50. The molecule has 1 unspecified atom stereocenters. The second-order valence-corrected chi connectivity index (χ2v) is 6.17. The second kappa shape index (κ2) is 5.76. The topological polar surface area (TPSA) is 48.0 Å². The van der Waals surface area contributed by atoms with E-state index in [0.717, 1.165) is 13.0 Å². The molecule has 0 saturated heterocycles. The lowest BCUT2D eigenvalue weighted by molar-refractivity contribution is 0.196. The van der Waals surface area contributed by atoms with Crippen LogP contribution < -0.4 is 5.32 Å². The third-order valence-corrected chi connectivity index (χ3v) is 3.68. The van der Waals surface area contributed by atoms with E-state index < -0.39 is 0 Å². The summed E-state index contributed by atoms with van der Waals surface area (Å²) in [6.07, 6.45) is 2.76. The first-order valence-electron chi connectivity index (χ1n) is 6.91. The molecule has 1 atom stereocenters. The average molecular weight is 260 g/mol. The summed E-state index contributed by atoms with van der Waals surface area (Å²) in [5.41, 5.74) is 2.62. The quantitative estimate of drug-likeness (QED) is 0.774. The molecule has 104 valence electrons. The molecule has 0 bridgehead atoms. The first-order valence-corrected chi connectivity index (χ1v) is 6.91. The normalized spacial score (nSPS) is 13.9. The lowest BCUT2D eigenvalue weighted by Crippen LogP contribution is -2.40. The largest absolute Gasteiger partial charge is 0.396 e. The molecule has 2 rings (SSSR count). The van der Waals surface area contributed by atoms with Crippen molar-refractivity contribution in [1.29, 1.82) is 0 Å². The number of nitrogens with one attached hydrogen (secondary N) is 2. The Morgan fingerprint density at radius 1 is 1.26 bits per heavy atom. The Labute approximate surface area is 115 Å². The number of para-hydroxylation sites is 1. The highest BCUT2D eigenvalue weighted by molar-refractivity contribution is 5.82. The molecule has 1 aromatic heterocycles. The van der Waals surface area contributed by atoms with Crippen molar-refractivity contribution in [3.63, 3.8) is 0 Å². The van der Waals surface area contributed by atoms with E-state index in [1.807, 2.05) is 6.20 Å². The predicted octanol–water partition coefficient (Wildman–Crippen LogP) is 3.05. The number of rotatable bonds is 5. The van der Waals surface area contributed by atoms with Crippen molar-refractivity contribution in [3.8, 4) is 0 Å². The fraction of sp³-hybridized carbons (Fsp3) is 0.500. The van der Waals surface area contributed by atoms with E-state index in [2.05, 4.69) is 55.3 Å². The lowest BCUT2D eigenvalue weighted by atomic mass is 9.85. The number of aliphatic hydroxyl groups is 1. The van der Waals surface area contributed by atoms with Gasteiger partial charge in [0.2, 0.25) is 0 Å². The van der Waals surface area contributed by atoms with Gasteiger partial charge in [0.15, 0.2) is 0 Å². The summed E-state index contributed by atoms with van der Waals surface area (Å²) >= 11 is 0. The summed E-state index contributed by atoms with van der Waals surface area (Å²) in [7, 11) is 0. The molecule has 19 heavy (non-hydrogen) atoms. The summed E-state index contributed by atoms with van der Waals surface area (Å²) in [6.45, 7) is 7.65. The number of H-pyrrole nitrogens is 1. The van der Waals surface area contributed by atoms with Gasteiger partial charge in [-0.1, -0.05) is 39.0 Å². The minimum absolute atomic E-state index is 0.145. The fourth-order valence-electron chi connectivity index (χ4n) is 2.50. The van der Waals surface area contributed by atoms with Crippen LogP contribution in [0.3, 0.4) is 0 Å². The molecule has 3 N–H and O–H groups in total. The zero-order valence-corrected chi connectivity index (χ0v) is 12.0. The minimum atomic E-state index is 0.145. The molecule has 1 heterocycles. The Kier molecular flexibility index (Phi) is 4.27. The molecule has 0 amide bonds. The van der Waals surface area contributed by atoms with Gasteiger partial charge >= 0.3 is 0 Å². The van der Waals surface area contributed by atoms with Crippen molar-refractivity contribution in [2.75, 3.05) is 6.61 Å². The highest BCUT2D eigenvalue weighted by atomic mass is 16.3. The maximum Gasteiger partial charge on any atom is 0.0499 e. The first-order chi connectivity index (χ1) is 9.02. The van der Waals surface area contributed by atoms with E-state index in [9.17, 15) is 5.11 Å². The second-order valence-electron chi connectivity index (χ2n) is 6.17. The van der Waals surface area contributed by atoms with E-state index in [1.165, 1.54) is 16.5 Å². The molecule has 2 aromatic rings. The Balaban J connectivity index is 2.10. The smallest absolute Gasteiger partial charge is 0.0499 e. The summed E-state index contributed by atoms with van der Waals surface area (Å²) in [5.74, 6) is 0. The number of aliphatic hydroxyl groups excluding tert-OH is 1. The van der Waals surface area contributed by atoms with Crippen molar-refractivity contribution in [2.45, 2.75) is 39.8 Å². The summed E-state index contributed by atoms with van der Waals surface area (Å²) in [4.78, 5) is 3.29. The zero-order valence-electron chi connectivity index (χ0n) is 12.0. The van der Waals surface area contributed by atoms with Crippen molar-refractivity contribution >= 4 is 10.9 Å². The van der Waals surface area contributed by atoms with Crippen LogP contribution in [0.5, 0.6) is 0 Å². The van der Waals surface area contributed by atoms with Gasteiger partial charge in [-0.25, -0.2) is 0 Å².